The molecule has 4 amide bonds. The third-order valence-electron chi connectivity index (χ3n) is 19.8. The second-order valence-electron chi connectivity index (χ2n) is 26.7. The SMILES string of the molecule is CC1(C)CCC(CN2CCN(c3ccc(C(=O)NS(=O)(=O)c4ccc(NCC5CCC(N6CCN(CCCCCCCOc7cccc8c7CN(C7CCC(=O)NC7=O)C8=O)CC6)CC5)c([N+](=O)[O-])c4)c(Oc4cnc5[nH]ccc5c4)c3)CC2)=C(c2ccc(Cl)cc2)C1. The third kappa shape index (κ3) is 15.7. The Morgan fingerprint density at radius 2 is 1.59 bits per heavy atom. The first-order chi connectivity index (χ1) is 44.9. The first kappa shape index (κ1) is 65.2. The van der Waals surface area contributed by atoms with E-state index in [4.69, 9.17) is 21.1 Å². The molecule has 93 heavy (non-hydrogen) atoms. The number of piperazine rings is 2. The number of carbonyl (C=O) groups is 4. The molecule has 6 aliphatic rings. The van der Waals surface area contributed by atoms with E-state index in [9.17, 15) is 37.7 Å². The predicted molar refractivity (Wildman–Crippen MR) is 358 cm³/mol. The molecule has 4 fully saturated rings. The number of anilines is 2. The van der Waals surface area contributed by atoms with Crippen LogP contribution in [0.2, 0.25) is 5.02 Å². The first-order valence-electron chi connectivity index (χ1n) is 33.0. The Kier molecular flexibility index (Phi) is 20.2. The van der Waals surface area contributed by atoms with Gasteiger partial charge in [-0.05, 0) is 154 Å². The van der Waals surface area contributed by atoms with E-state index >= 15 is 0 Å². The average Bonchev–Trinajstić information content (AvgIpc) is 1.42. The summed E-state index contributed by atoms with van der Waals surface area (Å²) < 4.78 is 42.8. The van der Waals surface area contributed by atoms with Crippen LogP contribution in [0.15, 0.2) is 114 Å². The van der Waals surface area contributed by atoms with Gasteiger partial charge in [-0.15, -0.1) is 0 Å². The fourth-order valence-corrected chi connectivity index (χ4v) is 15.5. The molecule has 4 aromatic carbocycles. The highest BCUT2D eigenvalue weighted by molar-refractivity contribution is 7.90. The number of H-pyrrole nitrogens is 1. The highest BCUT2D eigenvalue weighted by atomic mass is 35.5. The van der Waals surface area contributed by atoms with E-state index in [-0.39, 0.29) is 40.7 Å². The first-order valence-corrected chi connectivity index (χ1v) is 34.9. The van der Waals surface area contributed by atoms with Gasteiger partial charge in [0, 0.05) is 123 Å². The van der Waals surface area contributed by atoms with Crippen molar-refractivity contribution in [2.24, 2.45) is 11.3 Å². The maximum Gasteiger partial charge on any atom is 0.293 e. The molecule has 6 heterocycles. The van der Waals surface area contributed by atoms with Gasteiger partial charge in [0.1, 0.15) is 34.6 Å². The number of ether oxygens (including phenoxy) is 2. The topological polar surface area (TPSA) is 245 Å². The zero-order chi connectivity index (χ0) is 64.8. The molecule has 492 valence electrons. The minimum atomic E-state index is -4.61. The molecule has 23 heteroatoms. The Balaban J connectivity index is 0.585. The summed E-state index contributed by atoms with van der Waals surface area (Å²) in [5.41, 5.74) is 6.88. The number of piperidine rings is 1. The van der Waals surface area contributed by atoms with Crippen molar-refractivity contribution in [1.82, 2.24) is 39.6 Å². The summed E-state index contributed by atoms with van der Waals surface area (Å²) in [5.74, 6) is -0.450. The molecule has 21 nitrogen and oxygen atoms in total. The number of fused-ring (bicyclic) bond motifs is 2. The number of benzene rings is 4. The van der Waals surface area contributed by atoms with Crippen LogP contribution in [0.25, 0.3) is 16.6 Å². The van der Waals surface area contributed by atoms with E-state index < -0.39 is 43.4 Å². The van der Waals surface area contributed by atoms with Crippen LogP contribution in [0.3, 0.4) is 0 Å². The lowest BCUT2D eigenvalue weighted by Gasteiger charge is -2.42. The van der Waals surface area contributed by atoms with Crippen molar-refractivity contribution in [3.63, 3.8) is 0 Å². The number of nitro groups is 1. The van der Waals surface area contributed by atoms with E-state index in [1.807, 2.05) is 30.3 Å². The predicted octanol–water partition coefficient (Wildman–Crippen LogP) is 11.2. The maximum atomic E-state index is 14.2. The second-order valence-corrected chi connectivity index (χ2v) is 28.8. The number of aromatic amines is 1. The van der Waals surface area contributed by atoms with Gasteiger partial charge in [-0.2, -0.15) is 0 Å². The van der Waals surface area contributed by atoms with Crippen LogP contribution < -0.4 is 29.7 Å². The number of halogens is 1. The molecule has 2 aliphatic carbocycles. The molecule has 0 radical (unpaired) electrons. The zero-order valence-corrected chi connectivity index (χ0v) is 54.7. The van der Waals surface area contributed by atoms with E-state index in [1.54, 1.807) is 41.4 Å². The number of rotatable bonds is 24. The van der Waals surface area contributed by atoms with Crippen molar-refractivity contribution in [3.8, 4) is 17.2 Å². The molecule has 6 aromatic rings. The standard InChI is InChI=1S/C70H84ClN11O10S/c1-70(2)27-25-50(58(42-70)48-13-15-51(71)16-14-48)45-78-32-36-80(37-33-78)53-19-21-57(64(40-53)92-54-39-49-26-28-72-66(49)74-44-54)67(84)76-93(89,90)55-20-22-60(62(41-55)82(87)88)73-43-47-11-17-52(18-12-47)79-34-30-77(31-35-79)29-6-4-3-5-7-38-91-63-10-8-9-56-59(63)46-81(69(56)86)61-23-24-65(83)75-68(61)85/h8-10,13-16,19-22,26,28,39-41,44,47,52,61,73H,3-7,11-12,17-18,23-25,27,29-38,42-43,45-46H2,1-2H3,(H,72,74)(H,76,84)(H,75,83,85). The molecule has 1 atom stereocenters. The highest BCUT2D eigenvalue weighted by Gasteiger charge is 2.41. The van der Waals surface area contributed by atoms with Crippen molar-refractivity contribution in [2.75, 3.05) is 88.8 Å². The Morgan fingerprint density at radius 1 is 0.828 bits per heavy atom. The normalized spacial score (nSPS) is 20.8. The molecule has 12 rings (SSSR count). The summed E-state index contributed by atoms with van der Waals surface area (Å²) in [7, 11) is -4.61. The largest absolute Gasteiger partial charge is 0.493 e. The van der Waals surface area contributed by atoms with Crippen molar-refractivity contribution in [3.05, 3.63) is 146 Å². The number of carbonyl (C=O) groups excluding carboxylic acids is 4. The molecule has 1 saturated carbocycles. The Hall–Kier alpha value is -7.89. The van der Waals surface area contributed by atoms with Crippen LogP contribution in [0.1, 0.15) is 136 Å². The Bertz CT molecular complexity index is 3890. The highest BCUT2D eigenvalue weighted by Crippen LogP contribution is 2.44. The van der Waals surface area contributed by atoms with Crippen LogP contribution in [0, 0.1) is 21.4 Å². The van der Waals surface area contributed by atoms with Gasteiger partial charge in [0.05, 0.1) is 34.7 Å². The summed E-state index contributed by atoms with van der Waals surface area (Å²) in [4.78, 5) is 82.1. The monoisotopic (exact) mass is 1310 g/mol. The number of hydrogen-bond acceptors (Lipinski definition) is 16. The molecule has 0 bridgehead atoms. The number of nitrogens with zero attached hydrogens (tertiary/aromatic N) is 7. The number of pyridine rings is 1. The maximum absolute atomic E-state index is 14.2. The van der Waals surface area contributed by atoms with Gasteiger partial charge in [0.25, 0.3) is 27.5 Å². The van der Waals surface area contributed by atoms with Crippen molar-refractivity contribution >= 4 is 78.9 Å². The fourth-order valence-electron chi connectivity index (χ4n) is 14.4. The van der Waals surface area contributed by atoms with Gasteiger partial charge < -0.3 is 34.5 Å². The Labute approximate surface area is 548 Å². The number of amides is 4. The molecule has 3 saturated heterocycles. The van der Waals surface area contributed by atoms with Gasteiger partial charge in [-0.25, -0.2) is 18.1 Å². The lowest BCUT2D eigenvalue weighted by molar-refractivity contribution is -0.384. The minimum absolute atomic E-state index is 0.0414. The van der Waals surface area contributed by atoms with Crippen molar-refractivity contribution in [2.45, 2.75) is 127 Å². The second kappa shape index (κ2) is 28.8. The molecular formula is C70H84ClN11O10S. The van der Waals surface area contributed by atoms with Crippen molar-refractivity contribution in [1.29, 1.82) is 0 Å². The van der Waals surface area contributed by atoms with E-state index in [0.717, 1.165) is 157 Å². The number of allylic oxidation sites excluding steroid dienone is 1. The fraction of sp³-hybridized carbons (Fsp3) is 0.471. The number of nitro benzene ring substituents is 1. The Morgan fingerprint density at radius 3 is 2.37 bits per heavy atom. The molecule has 1 unspecified atom stereocenters. The van der Waals surface area contributed by atoms with Crippen LogP contribution in [-0.4, -0.2) is 157 Å². The van der Waals surface area contributed by atoms with Crippen LogP contribution in [-0.2, 0) is 26.2 Å². The van der Waals surface area contributed by atoms with Gasteiger partial charge in [-0.3, -0.25) is 44.4 Å². The minimum Gasteiger partial charge on any atom is -0.493 e. The lowest BCUT2D eigenvalue weighted by Crippen LogP contribution is -2.52. The van der Waals surface area contributed by atoms with Gasteiger partial charge in [0.2, 0.25) is 11.8 Å². The molecular weight excluding hydrogens is 1220 g/mol. The summed E-state index contributed by atoms with van der Waals surface area (Å²) in [6, 6.07) is 25.9. The summed E-state index contributed by atoms with van der Waals surface area (Å²) in [6.45, 7) is 15.2. The van der Waals surface area contributed by atoms with Crippen molar-refractivity contribution < 1.29 is 42.0 Å². The molecule has 0 spiro atoms. The quantitative estimate of drug-likeness (QED) is 0.0190. The number of aromatic nitrogens is 2. The zero-order valence-electron chi connectivity index (χ0n) is 53.1. The van der Waals surface area contributed by atoms with Crippen LogP contribution >= 0.6 is 11.6 Å². The van der Waals surface area contributed by atoms with E-state index in [0.29, 0.717) is 73.9 Å². The van der Waals surface area contributed by atoms with Gasteiger partial charge in [0.15, 0.2) is 0 Å². The number of nitrogens with one attached hydrogen (secondary N) is 4. The summed E-state index contributed by atoms with van der Waals surface area (Å²) in [6.07, 6.45) is 16.4. The number of imide groups is 1. The number of unbranched alkanes of at least 4 members (excludes halogenated alkanes) is 4. The van der Waals surface area contributed by atoms with Crippen LogP contribution in [0.5, 0.6) is 17.2 Å². The number of hydrogen-bond donors (Lipinski definition) is 4. The van der Waals surface area contributed by atoms with E-state index in [2.05, 4.69) is 70.9 Å². The smallest absolute Gasteiger partial charge is 0.293 e. The lowest BCUT2D eigenvalue weighted by atomic mass is 9.72. The number of sulfonamides is 1. The summed E-state index contributed by atoms with van der Waals surface area (Å²) >= 11 is 6.28. The van der Waals surface area contributed by atoms with Gasteiger partial charge in [-0.1, -0.05) is 68.5 Å². The average molecular weight is 1310 g/mol. The van der Waals surface area contributed by atoms with Gasteiger partial charge >= 0.3 is 0 Å². The van der Waals surface area contributed by atoms with E-state index in [1.165, 1.54) is 35.0 Å². The third-order valence-corrected chi connectivity index (χ3v) is 21.4. The molecule has 4 aliphatic heterocycles. The summed E-state index contributed by atoms with van der Waals surface area (Å²) in [5, 5.41) is 19.7. The van der Waals surface area contributed by atoms with Crippen LogP contribution in [0.4, 0.5) is 17.1 Å². The molecule has 4 N–H and O–H groups in total. The molecule has 2 aromatic heterocycles.